The minimum Gasteiger partial charge on any atom is -0.234 e. The lowest BCUT2D eigenvalue weighted by molar-refractivity contribution is -0.00697. The summed E-state index contributed by atoms with van der Waals surface area (Å²) in [4.78, 5) is 4.74. The number of nitrogens with zero attached hydrogens (tertiary/aromatic N) is 1. The van der Waals surface area contributed by atoms with E-state index in [1.165, 1.54) is 44.2 Å². The molecule has 86 valence electrons. The summed E-state index contributed by atoms with van der Waals surface area (Å²) in [6.07, 6.45) is 8.83. The van der Waals surface area contributed by atoms with Crippen molar-refractivity contribution in [3.8, 4) is 0 Å². The van der Waals surface area contributed by atoms with Crippen LogP contribution in [0.5, 0.6) is 0 Å². The van der Waals surface area contributed by atoms with Gasteiger partial charge >= 0.3 is 0 Å². The number of halogens is 1. The summed E-state index contributed by atoms with van der Waals surface area (Å²) in [6, 6.07) is 0. The first kappa shape index (κ1) is 10.1. The molecule has 1 nitrogen and oxygen atoms in total. The zero-order valence-corrected chi connectivity index (χ0v) is 11.7. The Morgan fingerprint density at radius 1 is 1.12 bits per heavy atom. The predicted molar refractivity (Wildman–Crippen MR) is 69.7 cm³/mol. The van der Waals surface area contributed by atoms with E-state index in [1.807, 2.05) is 0 Å². The summed E-state index contributed by atoms with van der Waals surface area (Å²) >= 11 is 5.28. The second kappa shape index (κ2) is 3.32. The van der Waals surface area contributed by atoms with Crippen molar-refractivity contribution in [2.45, 2.75) is 43.9 Å². The van der Waals surface area contributed by atoms with E-state index in [1.54, 1.807) is 11.3 Å². The van der Waals surface area contributed by atoms with Crippen LogP contribution in [-0.4, -0.2) is 4.98 Å². The van der Waals surface area contributed by atoms with Crippen LogP contribution in [0.2, 0.25) is 0 Å². The molecule has 1 aromatic rings. The van der Waals surface area contributed by atoms with Gasteiger partial charge in [0.25, 0.3) is 0 Å². The van der Waals surface area contributed by atoms with Crippen molar-refractivity contribution in [1.82, 2.24) is 4.98 Å². The Balaban J connectivity index is 1.76. The molecular weight excluding hydrogens is 282 g/mol. The third-order valence-corrected chi connectivity index (χ3v) is 6.42. The van der Waals surface area contributed by atoms with Gasteiger partial charge in [-0.25, -0.2) is 4.98 Å². The fourth-order valence-electron chi connectivity index (χ4n) is 4.92. The zero-order valence-electron chi connectivity index (χ0n) is 9.29. The smallest absolute Gasteiger partial charge is 0.159 e. The van der Waals surface area contributed by atoms with Crippen molar-refractivity contribution >= 4 is 27.3 Å². The van der Waals surface area contributed by atoms with Gasteiger partial charge in [0.2, 0.25) is 0 Å². The van der Waals surface area contributed by atoms with Gasteiger partial charge in [-0.2, -0.15) is 0 Å². The molecule has 4 aliphatic rings. The van der Waals surface area contributed by atoms with E-state index < -0.39 is 0 Å². The highest BCUT2D eigenvalue weighted by Gasteiger charge is 2.52. The zero-order chi connectivity index (χ0) is 10.8. The van der Waals surface area contributed by atoms with Crippen molar-refractivity contribution < 1.29 is 0 Å². The molecule has 5 rings (SSSR count). The molecule has 4 saturated carbocycles. The minimum atomic E-state index is 0.483. The van der Waals surface area contributed by atoms with E-state index in [2.05, 4.69) is 21.3 Å². The van der Waals surface area contributed by atoms with Gasteiger partial charge in [-0.3, -0.25) is 0 Å². The number of rotatable bonds is 1. The Morgan fingerprint density at radius 2 is 1.69 bits per heavy atom. The molecule has 4 fully saturated rings. The average molecular weight is 298 g/mol. The highest BCUT2D eigenvalue weighted by molar-refractivity contribution is 9.11. The SMILES string of the molecule is Brc1nc(C23CC4CC(CC(C4)C2)C3)cs1. The van der Waals surface area contributed by atoms with Crippen LogP contribution in [0.4, 0.5) is 0 Å². The van der Waals surface area contributed by atoms with Crippen LogP contribution in [0.3, 0.4) is 0 Å². The van der Waals surface area contributed by atoms with Crippen molar-refractivity contribution in [2.24, 2.45) is 17.8 Å². The van der Waals surface area contributed by atoms with E-state index >= 15 is 0 Å². The van der Waals surface area contributed by atoms with Crippen molar-refractivity contribution in [1.29, 1.82) is 0 Å². The summed E-state index contributed by atoms with van der Waals surface area (Å²) in [5, 5.41) is 2.30. The first-order valence-electron chi connectivity index (χ1n) is 6.35. The normalized spacial score (nSPS) is 45.2. The van der Waals surface area contributed by atoms with Crippen molar-refractivity contribution in [3.63, 3.8) is 0 Å². The molecule has 0 atom stereocenters. The maximum Gasteiger partial charge on any atom is 0.159 e. The molecule has 0 aromatic carbocycles. The summed E-state index contributed by atoms with van der Waals surface area (Å²) in [5.41, 5.74) is 1.89. The monoisotopic (exact) mass is 297 g/mol. The summed E-state index contributed by atoms with van der Waals surface area (Å²) in [7, 11) is 0. The summed E-state index contributed by atoms with van der Waals surface area (Å²) in [5.74, 6) is 3.06. The van der Waals surface area contributed by atoms with Gasteiger partial charge < -0.3 is 0 Å². The lowest BCUT2D eigenvalue weighted by Crippen LogP contribution is -2.48. The largest absolute Gasteiger partial charge is 0.234 e. The molecule has 1 heterocycles. The maximum atomic E-state index is 4.74. The fourth-order valence-corrected chi connectivity index (χ4v) is 6.05. The van der Waals surface area contributed by atoms with Crippen molar-refractivity contribution in [2.75, 3.05) is 0 Å². The van der Waals surface area contributed by atoms with Crippen LogP contribution in [-0.2, 0) is 5.41 Å². The maximum absolute atomic E-state index is 4.74. The summed E-state index contributed by atoms with van der Waals surface area (Å²) < 4.78 is 1.07. The Morgan fingerprint density at radius 3 is 2.12 bits per heavy atom. The fraction of sp³-hybridized carbons (Fsp3) is 0.769. The quantitative estimate of drug-likeness (QED) is 0.750. The molecule has 0 radical (unpaired) electrons. The second-order valence-corrected chi connectivity index (χ2v) is 8.32. The molecule has 4 aliphatic carbocycles. The first-order valence-corrected chi connectivity index (χ1v) is 8.02. The van der Waals surface area contributed by atoms with Crippen molar-refractivity contribution in [3.05, 3.63) is 15.0 Å². The standard InChI is InChI=1S/C13H16BrNS/c14-12-15-11(7-16-12)13-4-8-1-9(5-13)3-10(2-8)6-13/h7-10H,1-6H2. The second-order valence-electron chi connectivity index (χ2n) is 6.18. The predicted octanol–water partition coefficient (Wildman–Crippen LogP) is 4.37. The highest BCUT2D eigenvalue weighted by atomic mass is 79.9. The highest BCUT2D eigenvalue weighted by Crippen LogP contribution is 2.60. The van der Waals surface area contributed by atoms with Gasteiger partial charge in [0.05, 0.1) is 5.69 Å². The molecule has 0 N–H and O–H groups in total. The van der Waals surface area contributed by atoms with Gasteiger partial charge in [0.1, 0.15) is 0 Å². The Labute approximate surface area is 109 Å². The molecule has 4 bridgehead atoms. The Hall–Kier alpha value is 0.110. The Kier molecular flexibility index (Phi) is 2.09. The molecular formula is C13H16BrNS. The molecule has 0 saturated heterocycles. The van der Waals surface area contributed by atoms with E-state index in [9.17, 15) is 0 Å². The van der Waals surface area contributed by atoms with Crippen LogP contribution in [0, 0.1) is 17.8 Å². The average Bonchev–Trinajstić information content (AvgIpc) is 2.63. The third-order valence-electron chi connectivity index (χ3n) is 5.06. The van der Waals surface area contributed by atoms with Gasteiger partial charge in [0, 0.05) is 10.8 Å². The van der Waals surface area contributed by atoms with Crippen LogP contribution in [0.25, 0.3) is 0 Å². The van der Waals surface area contributed by atoms with Gasteiger partial charge in [0.15, 0.2) is 3.92 Å². The van der Waals surface area contributed by atoms with Crippen LogP contribution >= 0.6 is 27.3 Å². The molecule has 1 aromatic heterocycles. The lowest BCUT2D eigenvalue weighted by atomic mass is 9.49. The molecule has 0 aliphatic heterocycles. The number of thiazole rings is 1. The van der Waals surface area contributed by atoms with Crippen LogP contribution in [0.15, 0.2) is 9.30 Å². The number of aromatic nitrogens is 1. The van der Waals surface area contributed by atoms with Crippen LogP contribution < -0.4 is 0 Å². The number of hydrogen-bond donors (Lipinski definition) is 0. The lowest BCUT2D eigenvalue weighted by Gasteiger charge is -2.56. The van der Waals surface area contributed by atoms with Gasteiger partial charge in [-0.05, 0) is 72.2 Å². The van der Waals surface area contributed by atoms with E-state index in [4.69, 9.17) is 4.98 Å². The molecule has 3 heteroatoms. The third kappa shape index (κ3) is 1.37. The van der Waals surface area contributed by atoms with Crippen LogP contribution in [0.1, 0.15) is 44.2 Å². The number of hydrogen-bond acceptors (Lipinski definition) is 2. The Bertz CT molecular complexity index is 390. The van der Waals surface area contributed by atoms with Gasteiger partial charge in [-0.1, -0.05) is 0 Å². The van der Waals surface area contributed by atoms with Gasteiger partial charge in [-0.15, -0.1) is 11.3 Å². The molecule has 0 spiro atoms. The minimum absolute atomic E-state index is 0.483. The van der Waals surface area contributed by atoms with E-state index in [0.29, 0.717) is 5.41 Å². The van der Waals surface area contributed by atoms with E-state index in [-0.39, 0.29) is 0 Å². The summed E-state index contributed by atoms with van der Waals surface area (Å²) in [6.45, 7) is 0. The molecule has 0 amide bonds. The first-order chi connectivity index (χ1) is 7.73. The van der Waals surface area contributed by atoms with E-state index in [0.717, 1.165) is 21.7 Å². The molecule has 16 heavy (non-hydrogen) atoms. The molecule has 0 unspecified atom stereocenters. The topological polar surface area (TPSA) is 12.9 Å².